The molecule has 1 N–H and O–H groups in total. The van der Waals surface area contributed by atoms with Gasteiger partial charge in [-0.25, -0.2) is 9.59 Å². The van der Waals surface area contributed by atoms with Gasteiger partial charge in [0.05, 0.1) is 0 Å². The number of carbonyl (C=O) groups excluding carboxylic acids is 1. The second-order valence-electron chi connectivity index (χ2n) is 3.91. The van der Waals surface area contributed by atoms with E-state index in [0.717, 1.165) is 12.2 Å². The van der Waals surface area contributed by atoms with Crippen LogP contribution in [0.3, 0.4) is 0 Å². The van der Waals surface area contributed by atoms with Crippen LogP contribution >= 0.6 is 0 Å². The van der Waals surface area contributed by atoms with Crippen LogP contribution in [-0.4, -0.2) is 22.6 Å². The second-order valence-corrected chi connectivity index (χ2v) is 3.91. The maximum atomic E-state index is 11.3. The first kappa shape index (κ1) is 13.7. The van der Waals surface area contributed by atoms with Crippen LogP contribution in [0.25, 0.3) is 0 Å². The minimum absolute atomic E-state index is 0.185. The molecule has 1 unspecified atom stereocenters. The monoisotopic (exact) mass is 214 g/mol. The Hall–Kier alpha value is -1.32. The number of rotatable bonds is 5. The van der Waals surface area contributed by atoms with Gasteiger partial charge < -0.3 is 9.84 Å². The van der Waals surface area contributed by atoms with Crippen molar-refractivity contribution >= 4 is 11.9 Å². The van der Waals surface area contributed by atoms with Crippen molar-refractivity contribution in [3.63, 3.8) is 0 Å². The Balaban J connectivity index is 4.44. The number of carboxylic acid groups (broad SMARTS) is 1. The Bertz CT molecular complexity index is 268. The number of carboxylic acids is 1. The van der Waals surface area contributed by atoms with Gasteiger partial charge >= 0.3 is 11.9 Å². The van der Waals surface area contributed by atoms with E-state index in [1.807, 2.05) is 27.7 Å². The Morgan fingerprint density at radius 3 is 2.27 bits per heavy atom. The number of esters is 1. The molecule has 15 heavy (non-hydrogen) atoms. The summed E-state index contributed by atoms with van der Waals surface area (Å²) in [5, 5.41) is 8.33. The Labute approximate surface area is 89.9 Å². The van der Waals surface area contributed by atoms with Crippen molar-refractivity contribution in [1.29, 1.82) is 0 Å². The summed E-state index contributed by atoms with van der Waals surface area (Å²) in [6.45, 7) is 7.67. The molecule has 0 radical (unpaired) electrons. The van der Waals surface area contributed by atoms with Crippen LogP contribution in [0.15, 0.2) is 12.2 Å². The molecule has 86 valence electrons. The van der Waals surface area contributed by atoms with Crippen molar-refractivity contribution in [3.8, 4) is 0 Å². The minimum atomic E-state index is -1.16. The van der Waals surface area contributed by atoms with E-state index in [4.69, 9.17) is 9.84 Å². The summed E-state index contributed by atoms with van der Waals surface area (Å²) >= 11 is 0. The molecule has 0 fully saturated rings. The van der Waals surface area contributed by atoms with Crippen LogP contribution in [0.1, 0.15) is 34.1 Å². The van der Waals surface area contributed by atoms with Gasteiger partial charge in [0.1, 0.15) is 5.60 Å². The fourth-order valence-electron chi connectivity index (χ4n) is 1.00. The van der Waals surface area contributed by atoms with Gasteiger partial charge in [-0.05, 0) is 19.3 Å². The second kappa shape index (κ2) is 5.53. The highest BCUT2D eigenvalue weighted by atomic mass is 16.6. The van der Waals surface area contributed by atoms with Crippen molar-refractivity contribution in [2.24, 2.45) is 5.92 Å². The van der Waals surface area contributed by atoms with Gasteiger partial charge in [0, 0.05) is 12.2 Å². The zero-order chi connectivity index (χ0) is 12.1. The van der Waals surface area contributed by atoms with Crippen molar-refractivity contribution < 1.29 is 19.4 Å². The van der Waals surface area contributed by atoms with E-state index in [1.165, 1.54) is 0 Å². The number of hydrogen-bond donors (Lipinski definition) is 1. The fourth-order valence-corrected chi connectivity index (χ4v) is 1.00. The average molecular weight is 214 g/mol. The molecule has 0 aromatic heterocycles. The third-order valence-corrected chi connectivity index (χ3v) is 2.62. The standard InChI is InChI=1S/C11H18O4/c1-5-11(4,8(2)3)15-10(14)7-6-9(12)13/h6-8H,5H2,1-4H3,(H,12,13). The molecular weight excluding hydrogens is 196 g/mol. The summed E-state index contributed by atoms with van der Waals surface area (Å²) in [4.78, 5) is 21.4. The van der Waals surface area contributed by atoms with Crippen molar-refractivity contribution in [1.82, 2.24) is 0 Å². The molecule has 4 heteroatoms. The third kappa shape index (κ3) is 4.63. The van der Waals surface area contributed by atoms with E-state index in [2.05, 4.69) is 0 Å². The number of ether oxygens (including phenoxy) is 1. The van der Waals surface area contributed by atoms with Crippen LogP contribution in [-0.2, 0) is 14.3 Å². The lowest BCUT2D eigenvalue weighted by atomic mass is 9.89. The summed E-state index contributed by atoms with van der Waals surface area (Å²) in [6, 6.07) is 0. The molecule has 0 heterocycles. The molecule has 4 nitrogen and oxygen atoms in total. The molecule has 0 saturated heterocycles. The summed E-state index contributed by atoms with van der Waals surface area (Å²) in [7, 11) is 0. The molecular formula is C11H18O4. The number of hydrogen-bond acceptors (Lipinski definition) is 3. The lowest BCUT2D eigenvalue weighted by molar-refractivity contribution is -0.157. The zero-order valence-electron chi connectivity index (χ0n) is 9.61. The highest BCUT2D eigenvalue weighted by Gasteiger charge is 2.29. The quantitative estimate of drug-likeness (QED) is 0.561. The van der Waals surface area contributed by atoms with Gasteiger partial charge in [-0.15, -0.1) is 0 Å². The van der Waals surface area contributed by atoms with Crippen LogP contribution in [0, 0.1) is 5.92 Å². The molecule has 0 aromatic carbocycles. The largest absolute Gasteiger partial charge is 0.478 e. The Morgan fingerprint density at radius 2 is 1.93 bits per heavy atom. The normalized spacial score (nSPS) is 15.3. The smallest absolute Gasteiger partial charge is 0.331 e. The summed E-state index contributed by atoms with van der Waals surface area (Å²) in [5.74, 6) is -1.59. The van der Waals surface area contributed by atoms with Crippen molar-refractivity contribution in [3.05, 3.63) is 12.2 Å². The van der Waals surface area contributed by atoms with Crippen LogP contribution in [0.2, 0.25) is 0 Å². The molecule has 0 amide bonds. The van der Waals surface area contributed by atoms with Gasteiger partial charge in [0.15, 0.2) is 0 Å². The lowest BCUT2D eigenvalue weighted by Crippen LogP contribution is -2.36. The van der Waals surface area contributed by atoms with E-state index in [-0.39, 0.29) is 5.92 Å². The lowest BCUT2D eigenvalue weighted by Gasteiger charge is -2.31. The summed E-state index contributed by atoms with van der Waals surface area (Å²) in [5.41, 5.74) is -0.542. The predicted molar refractivity (Wildman–Crippen MR) is 56.4 cm³/mol. The first-order valence-corrected chi connectivity index (χ1v) is 4.95. The molecule has 0 aliphatic carbocycles. The van der Waals surface area contributed by atoms with E-state index < -0.39 is 17.5 Å². The fraction of sp³-hybridized carbons (Fsp3) is 0.636. The van der Waals surface area contributed by atoms with Crippen molar-refractivity contribution in [2.75, 3.05) is 0 Å². The summed E-state index contributed by atoms with van der Waals surface area (Å²) < 4.78 is 5.21. The van der Waals surface area contributed by atoms with E-state index in [9.17, 15) is 9.59 Å². The van der Waals surface area contributed by atoms with E-state index in [0.29, 0.717) is 6.42 Å². The molecule has 0 aromatic rings. The maximum absolute atomic E-state index is 11.3. The third-order valence-electron chi connectivity index (χ3n) is 2.62. The molecule has 1 atom stereocenters. The van der Waals surface area contributed by atoms with Gasteiger partial charge in [-0.2, -0.15) is 0 Å². The zero-order valence-corrected chi connectivity index (χ0v) is 9.61. The topological polar surface area (TPSA) is 63.6 Å². The average Bonchev–Trinajstić information content (AvgIpc) is 2.14. The van der Waals surface area contributed by atoms with Crippen molar-refractivity contribution in [2.45, 2.75) is 39.7 Å². The van der Waals surface area contributed by atoms with Gasteiger partial charge in [-0.1, -0.05) is 20.8 Å². The van der Waals surface area contributed by atoms with Crippen LogP contribution < -0.4 is 0 Å². The highest BCUT2D eigenvalue weighted by Crippen LogP contribution is 2.25. The molecule has 0 saturated carbocycles. The molecule has 0 rings (SSSR count). The predicted octanol–water partition coefficient (Wildman–Crippen LogP) is 2.00. The Morgan fingerprint density at radius 1 is 1.40 bits per heavy atom. The molecule has 0 spiro atoms. The maximum Gasteiger partial charge on any atom is 0.331 e. The number of carbonyl (C=O) groups is 2. The molecule has 0 aliphatic rings. The minimum Gasteiger partial charge on any atom is -0.478 e. The van der Waals surface area contributed by atoms with E-state index in [1.54, 1.807) is 0 Å². The summed E-state index contributed by atoms with van der Waals surface area (Å²) in [6.07, 6.45) is 2.40. The van der Waals surface area contributed by atoms with Crippen LogP contribution in [0.4, 0.5) is 0 Å². The Kier molecular flexibility index (Phi) is 5.05. The SMILES string of the molecule is CCC(C)(OC(=O)C=CC(=O)O)C(C)C. The van der Waals surface area contributed by atoms with Crippen LogP contribution in [0.5, 0.6) is 0 Å². The molecule has 0 bridgehead atoms. The van der Waals surface area contributed by atoms with Gasteiger partial charge in [0.25, 0.3) is 0 Å². The van der Waals surface area contributed by atoms with E-state index >= 15 is 0 Å². The first-order chi connectivity index (χ1) is 6.81. The number of aliphatic carboxylic acids is 1. The first-order valence-electron chi connectivity index (χ1n) is 4.95. The van der Waals surface area contributed by atoms with Gasteiger partial charge in [0.2, 0.25) is 0 Å². The molecule has 0 aliphatic heterocycles. The van der Waals surface area contributed by atoms with Gasteiger partial charge in [-0.3, -0.25) is 0 Å². The highest BCUT2D eigenvalue weighted by molar-refractivity contribution is 5.90.